The zero-order valence-electron chi connectivity index (χ0n) is 19.4. The van der Waals surface area contributed by atoms with Gasteiger partial charge >= 0.3 is 11.9 Å². The number of aromatic nitrogens is 2. The average molecular weight is 501 g/mol. The molecule has 0 amide bonds. The van der Waals surface area contributed by atoms with E-state index in [0.717, 1.165) is 0 Å². The molecular formula is C22H26F3N3O7. The Morgan fingerprint density at radius 3 is 2.43 bits per heavy atom. The number of ether oxygens (including phenoxy) is 1. The highest BCUT2D eigenvalue weighted by Gasteiger charge is 2.58. The van der Waals surface area contributed by atoms with E-state index in [-0.39, 0.29) is 18.2 Å². The Hall–Kier alpha value is -3.03. The number of nitrogens with one attached hydrogen (secondary N) is 1. The second-order valence-corrected chi connectivity index (χ2v) is 9.64. The fraction of sp³-hybridized carbons (Fsp3) is 0.545. The Morgan fingerprint density at radius 1 is 1.26 bits per heavy atom. The van der Waals surface area contributed by atoms with Crippen molar-refractivity contribution in [3.63, 3.8) is 0 Å². The Kier molecular flexibility index (Phi) is 6.74. The number of carbonyl (C=O) groups excluding carboxylic acids is 2. The van der Waals surface area contributed by atoms with Crippen LogP contribution >= 0.6 is 0 Å². The summed E-state index contributed by atoms with van der Waals surface area (Å²) in [6.45, 7) is 4.45. The van der Waals surface area contributed by atoms with Crippen molar-refractivity contribution < 1.29 is 37.7 Å². The van der Waals surface area contributed by atoms with E-state index in [9.17, 15) is 42.6 Å². The van der Waals surface area contributed by atoms with Gasteiger partial charge in [0.1, 0.15) is 24.0 Å². The van der Waals surface area contributed by atoms with Gasteiger partial charge in [0.2, 0.25) is 0 Å². The molecule has 0 aliphatic carbocycles. The maximum atomic E-state index is 13.4. The molecule has 0 saturated carbocycles. The number of carbonyl (C=O) groups is 2. The topological polar surface area (TPSA) is 142 Å². The van der Waals surface area contributed by atoms with E-state index in [0.29, 0.717) is 4.57 Å². The first-order valence-electron chi connectivity index (χ1n) is 10.6. The van der Waals surface area contributed by atoms with Crippen LogP contribution in [0.15, 0.2) is 39.8 Å². The number of halogens is 3. The Labute approximate surface area is 197 Å². The third-order valence-electron chi connectivity index (χ3n) is 5.86. The largest absolute Gasteiger partial charge is 0.423 e. The summed E-state index contributed by atoms with van der Waals surface area (Å²) >= 11 is 0. The van der Waals surface area contributed by atoms with Gasteiger partial charge in [0.15, 0.2) is 17.2 Å². The minimum atomic E-state index is -5.11. The number of Topliss-reactive ketones (excluding diaryl/α,β-unsaturated/α-hetero) is 2. The Bertz CT molecular complexity index is 1210. The van der Waals surface area contributed by atoms with Crippen molar-refractivity contribution in [2.45, 2.75) is 63.8 Å². The molecule has 2 aliphatic rings. The van der Waals surface area contributed by atoms with E-state index in [4.69, 9.17) is 4.74 Å². The van der Waals surface area contributed by atoms with Crippen molar-refractivity contribution in [1.82, 2.24) is 14.5 Å². The molecule has 13 heteroatoms. The van der Waals surface area contributed by atoms with Gasteiger partial charge in [-0.05, 0) is 12.6 Å². The normalized spacial score (nSPS) is 26.0. The van der Waals surface area contributed by atoms with Crippen molar-refractivity contribution in [3.8, 4) is 0 Å². The van der Waals surface area contributed by atoms with Crippen LogP contribution in [-0.4, -0.2) is 61.1 Å². The summed E-state index contributed by atoms with van der Waals surface area (Å²) in [7, 11) is 1.62. The maximum Gasteiger partial charge on any atom is 0.423 e. The molecule has 3 N–H and O–H groups in total. The monoisotopic (exact) mass is 501 g/mol. The number of allylic oxidation sites excluding steroid dienone is 1. The van der Waals surface area contributed by atoms with Crippen LogP contribution < -0.4 is 11.2 Å². The third-order valence-corrected chi connectivity index (χ3v) is 5.86. The number of alkyl halides is 3. The van der Waals surface area contributed by atoms with Crippen molar-refractivity contribution in [2.24, 2.45) is 5.41 Å². The zero-order chi connectivity index (χ0) is 26.5. The molecule has 10 nitrogen and oxygen atoms in total. The fourth-order valence-electron chi connectivity index (χ4n) is 4.03. The molecule has 3 rings (SSSR count). The SMILES string of the molecule is CN1C=CCC(C(=O)[C@]2(O)C[C@H](n3cc(C(F)(F)F)c(=O)[nH]c3=O)O[C@@H]2C(O)C(=O)C(C)(C)C)=C1. The second-order valence-electron chi connectivity index (χ2n) is 9.64. The quantitative estimate of drug-likeness (QED) is 0.539. The van der Waals surface area contributed by atoms with Gasteiger partial charge in [-0.1, -0.05) is 26.8 Å². The number of hydrogen-bond donors (Lipinski definition) is 3. The van der Waals surface area contributed by atoms with Gasteiger partial charge in [0.05, 0.1) is 0 Å². The number of aromatic amines is 1. The van der Waals surface area contributed by atoms with Gasteiger partial charge in [-0.15, -0.1) is 0 Å². The van der Waals surface area contributed by atoms with Crippen molar-refractivity contribution >= 4 is 11.6 Å². The van der Waals surface area contributed by atoms with Crippen molar-refractivity contribution in [3.05, 3.63) is 56.6 Å². The molecule has 0 spiro atoms. The molecule has 1 fully saturated rings. The summed E-state index contributed by atoms with van der Waals surface area (Å²) in [6.07, 6.45) is -6.53. The number of aliphatic hydroxyl groups excluding tert-OH is 1. The average Bonchev–Trinajstić information content (AvgIpc) is 3.08. The molecule has 4 atom stereocenters. The first-order chi connectivity index (χ1) is 16.0. The summed E-state index contributed by atoms with van der Waals surface area (Å²) < 4.78 is 45.7. The number of nitrogens with zero attached hydrogens (tertiary/aromatic N) is 2. The maximum absolute atomic E-state index is 13.4. The third kappa shape index (κ3) is 5.02. The first kappa shape index (κ1) is 26.6. The molecule has 0 radical (unpaired) electrons. The molecular weight excluding hydrogens is 475 g/mol. The summed E-state index contributed by atoms with van der Waals surface area (Å²) in [5.41, 5.74) is -8.28. The first-order valence-corrected chi connectivity index (χ1v) is 10.6. The predicted molar refractivity (Wildman–Crippen MR) is 115 cm³/mol. The smallest absolute Gasteiger partial charge is 0.382 e. The van der Waals surface area contributed by atoms with Gasteiger partial charge < -0.3 is 19.8 Å². The van der Waals surface area contributed by atoms with Gasteiger partial charge in [0.25, 0.3) is 5.56 Å². The summed E-state index contributed by atoms with van der Waals surface area (Å²) in [4.78, 5) is 53.2. The molecule has 0 bridgehead atoms. The van der Waals surface area contributed by atoms with Crippen LogP contribution in [0.25, 0.3) is 0 Å². The van der Waals surface area contributed by atoms with Crippen LogP contribution in [0.1, 0.15) is 45.4 Å². The van der Waals surface area contributed by atoms with Crippen LogP contribution in [0.4, 0.5) is 13.2 Å². The Balaban J connectivity index is 2.11. The van der Waals surface area contributed by atoms with Crippen LogP contribution in [0.2, 0.25) is 0 Å². The minimum Gasteiger partial charge on any atom is -0.382 e. The van der Waals surface area contributed by atoms with E-state index in [2.05, 4.69) is 0 Å². The number of hydrogen-bond acceptors (Lipinski definition) is 8. The minimum absolute atomic E-state index is 0.0898. The molecule has 35 heavy (non-hydrogen) atoms. The number of aliphatic hydroxyl groups is 2. The lowest BCUT2D eigenvalue weighted by Crippen LogP contribution is -2.56. The lowest BCUT2D eigenvalue weighted by molar-refractivity contribution is -0.162. The predicted octanol–water partition coefficient (Wildman–Crippen LogP) is 0.852. The van der Waals surface area contributed by atoms with Gasteiger partial charge in [-0.3, -0.25) is 23.9 Å². The highest BCUT2D eigenvalue weighted by molar-refractivity contribution is 6.03. The van der Waals surface area contributed by atoms with Crippen LogP contribution in [-0.2, 0) is 20.5 Å². The highest BCUT2D eigenvalue weighted by Crippen LogP contribution is 2.42. The van der Waals surface area contributed by atoms with Gasteiger partial charge in [-0.2, -0.15) is 13.2 Å². The lowest BCUT2D eigenvalue weighted by Gasteiger charge is -2.33. The second kappa shape index (κ2) is 8.88. The van der Waals surface area contributed by atoms with E-state index in [1.54, 1.807) is 19.3 Å². The summed E-state index contributed by atoms with van der Waals surface area (Å²) in [5, 5.41) is 22.3. The number of rotatable bonds is 5. The van der Waals surface area contributed by atoms with Crippen molar-refractivity contribution in [2.75, 3.05) is 7.05 Å². The van der Waals surface area contributed by atoms with E-state index in [1.807, 2.05) is 0 Å². The van der Waals surface area contributed by atoms with Crippen LogP contribution in [0, 0.1) is 5.41 Å². The fourth-order valence-corrected chi connectivity index (χ4v) is 4.03. The zero-order valence-corrected chi connectivity index (χ0v) is 19.4. The summed E-state index contributed by atoms with van der Waals surface area (Å²) in [5.74, 6) is -1.72. The number of ketones is 2. The standard InChI is InChI=1S/C22H26F3N3O7/c1-20(2,3)16(31)14(29)17-21(34,15(30)11-6-5-7-27(4)9-11)8-13(35-17)28-10-12(22(23,24)25)18(32)26-19(28)33/h5,7,9-10,13-14,17,29,34H,6,8H2,1-4H3,(H,26,32,33)/t13-,14?,17-,21-/m1/s1. The molecule has 1 aromatic rings. The van der Waals surface area contributed by atoms with E-state index in [1.165, 1.54) is 36.9 Å². The molecule has 1 aromatic heterocycles. The van der Waals surface area contributed by atoms with E-state index < -0.39 is 70.4 Å². The van der Waals surface area contributed by atoms with Crippen LogP contribution in [0.5, 0.6) is 0 Å². The Morgan fingerprint density at radius 2 is 1.89 bits per heavy atom. The summed E-state index contributed by atoms with van der Waals surface area (Å²) in [6, 6.07) is 0. The van der Waals surface area contributed by atoms with E-state index >= 15 is 0 Å². The molecule has 3 heterocycles. The molecule has 192 valence electrons. The molecule has 1 saturated heterocycles. The lowest BCUT2D eigenvalue weighted by atomic mass is 9.78. The van der Waals surface area contributed by atoms with Crippen LogP contribution in [0.3, 0.4) is 0 Å². The molecule has 2 aliphatic heterocycles. The highest BCUT2D eigenvalue weighted by atomic mass is 19.4. The number of H-pyrrole nitrogens is 1. The van der Waals surface area contributed by atoms with Gasteiger partial charge in [-0.25, -0.2) is 4.79 Å². The van der Waals surface area contributed by atoms with Gasteiger partial charge in [0, 0.05) is 36.9 Å². The molecule has 0 aromatic carbocycles. The van der Waals surface area contributed by atoms with Crippen molar-refractivity contribution in [1.29, 1.82) is 0 Å². The molecule has 1 unspecified atom stereocenters.